The van der Waals surface area contributed by atoms with Crippen molar-refractivity contribution in [3.8, 4) is 0 Å². The maximum absolute atomic E-state index is 12.6. The minimum Gasteiger partial charge on any atom is -0.352 e. The number of alkyl halides is 3. The highest BCUT2D eigenvalue weighted by molar-refractivity contribution is 6.32. The number of carbonyl (C=O) groups is 1. The van der Waals surface area contributed by atoms with Crippen molar-refractivity contribution in [2.45, 2.75) is 19.1 Å². The molecule has 2 aromatic rings. The molecule has 27 heavy (non-hydrogen) atoms. The summed E-state index contributed by atoms with van der Waals surface area (Å²) in [5.74, 6) is 0.675. The third-order valence-electron chi connectivity index (χ3n) is 4.39. The molecule has 0 radical (unpaired) electrons. The second-order valence-electron chi connectivity index (χ2n) is 6.30. The van der Waals surface area contributed by atoms with Crippen molar-refractivity contribution in [2.24, 2.45) is 0 Å². The van der Waals surface area contributed by atoms with E-state index in [1.54, 1.807) is 23.2 Å². The van der Waals surface area contributed by atoms with Crippen molar-refractivity contribution in [3.63, 3.8) is 0 Å². The van der Waals surface area contributed by atoms with E-state index in [-0.39, 0.29) is 12.1 Å². The third kappa shape index (κ3) is 4.44. The molecule has 1 saturated heterocycles. The standard InChI is InChI=1S/C18H18ClF3N4O/c1-12-11-25(16-15(19)3-2-8-23-16)9-10-26(12)17(27)24-14-6-4-13(5-7-14)18(20,21)22/h2-8,12H,9-11H2,1H3,(H,24,27). The van der Waals surface area contributed by atoms with E-state index in [9.17, 15) is 18.0 Å². The minimum atomic E-state index is -4.40. The zero-order valence-corrected chi connectivity index (χ0v) is 15.3. The third-order valence-corrected chi connectivity index (χ3v) is 4.69. The van der Waals surface area contributed by atoms with Gasteiger partial charge in [0, 0.05) is 37.6 Å². The number of nitrogens with one attached hydrogen (secondary N) is 1. The molecule has 0 spiro atoms. The Balaban J connectivity index is 1.62. The van der Waals surface area contributed by atoms with Crippen LogP contribution in [0.15, 0.2) is 42.6 Å². The normalized spacial score (nSPS) is 17.7. The lowest BCUT2D eigenvalue weighted by Crippen LogP contribution is -2.55. The smallest absolute Gasteiger partial charge is 0.352 e. The summed E-state index contributed by atoms with van der Waals surface area (Å²) in [5, 5.41) is 3.19. The van der Waals surface area contributed by atoms with Gasteiger partial charge in [-0.2, -0.15) is 13.2 Å². The number of benzene rings is 1. The molecular weight excluding hydrogens is 381 g/mol. The Morgan fingerprint density at radius 1 is 1.22 bits per heavy atom. The predicted octanol–water partition coefficient (Wildman–Crippen LogP) is 4.50. The Morgan fingerprint density at radius 3 is 2.52 bits per heavy atom. The lowest BCUT2D eigenvalue weighted by atomic mass is 10.2. The number of amides is 2. The van der Waals surface area contributed by atoms with Crippen LogP contribution in [-0.4, -0.2) is 41.6 Å². The Morgan fingerprint density at radius 2 is 1.93 bits per heavy atom. The fourth-order valence-corrected chi connectivity index (χ4v) is 3.24. The van der Waals surface area contributed by atoms with Gasteiger partial charge in [-0.3, -0.25) is 0 Å². The summed E-state index contributed by atoms with van der Waals surface area (Å²) in [6, 6.07) is 7.42. The molecule has 5 nitrogen and oxygen atoms in total. The lowest BCUT2D eigenvalue weighted by Gasteiger charge is -2.40. The molecule has 1 aliphatic rings. The van der Waals surface area contributed by atoms with Gasteiger partial charge in [0.05, 0.1) is 10.6 Å². The van der Waals surface area contributed by atoms with Crippen LogP contribution in [0.2, 0.25) is 5.02 Å². The maximum atomic E-state index is 12.6. The molecule has 1 aromatic carbocycles. The van der Waals surface area contributed by atoms with Crippen molar-refractivity contribution < 1.29 is 18.0 Å². The number of hydrogen-bond acceptors (Lipinski definition) is 3. The van der Waals surface area contributed by atoms with E-state index in [0.29, 0.717) is 36.2 Å². The number of pyridine rings is 1. The summed E-state index contributed by atoms with van der Waals surface area (Å²) < 4.78 is 37.8. The summed E-state index contributed by atoms with van der Waals surface area (Å²) >= 11 is 6.18. The van der Waals surface area contributed by atoms with Gasteiger partial charge in [0.2, 0.25) is 0 Å². The van der Waals surface area contributed by atoms with Gasteiger partial charge in [0.1, 0.15) is 5.82 Å². The van der Waals surface area contributed by atoms with Gasteiger partial charge in [0.15, 0.2) is 0 Å². The second-order valence-corrected chi connectivity index (χ2v) is 6.71. The number of piperazine rings is 1. The summed E-state index contributed by atoms with van der Waals surface area (Å²) in [4.78, 5) is 20.4. The van der Waals surface area contributed by atoms with E-state index in [4.69, 9.17) is 11.6 Å². The van der Waals surface area contributed by atoms with E-state index in [2.05, 4.69) is 10.3 Å². The molecule has 1 N–H and O–H groups in total. The average Bonchev–Trinajstić information content (AvgIpc) is 2.61. The van der Waals surface area contributed by atoms with Gasteiger partial charge < -0.3 is 15.1 Å². The first kappa shape index (κ1) is 19.3. The van der Waals surface area contributed by atoms with Crippen LogP contribution in [0.4, 0.5) is 29.5 Å². The van der Waals surface area contributed by atoms with E-state index < -0.39 is 11.7 Å². The average molecular weight is 399 g/mol. The SMILES string of the molecule is CC1CN(c2ncccc2Cl)CCN1C(=O)Nc1ccc(C(F)(F)F)cc1. The van der Waals surface area contributed by atoms with Crippen molar-refractivity contribution in [3.05, 3.63) is 53.2 Å². The monoisotopic (exact) mass is 398 g/mol. The number of nitrogens with zero attached hydrogens (tertiary/aromatic N) is 3. The van der Waals surface area contributed by atoms with Crippen LogP contribution < -0.4 is 10.2 Å². The molecule has 1 atom stereocenters. The summed E-state index contributed by atoms with van der Waals surface area (Å²) in [6.07, 6.45) is -2.74. The van der Waals surface area contributed by atoms with Crippen LogP contribution in [0.25, 0.3) is 0 Å². The molecule has 2 heterocycles. The molecule has 0 aliphatic carbocycles. The van der Waals surface area contributed by atoms with Crippen LogP contribution >= 0.6 is 11.6 Å². The maximum Gasteiger partial charge on any atom is 0.416 e. The van der Waals surface area contributed by atoms with Crippen molar-refractivity contribution >= 4 is 29.1 Å². The molecule has 2 amide bonds. The number of halogens is 4. The van der Waals surface area contributed by atoms with Crippen LogP contribution in [0, 0.1) is 0 Å². The molecule has 144 valence electrons. The molecular formula is C18H18ClF3N4O. The fraction of sp³-hybridized carbons (Fsp3) is 0.333. The summed E-state index contributed by atoms with van der Waals surface area (Å²) in [6.45, 7) is 3.45. The number of hydrogen-bond donors (Lipinski definition) is 1. The summed E-state index contributed by atoms with van der Waals surface area (Å²) in [5.41, 5.74) is -0.440. The van der Waals surface area contributed by atoms with Crippen molar-refractivity contribution in [1.29, 1.82) is 0 Å². The largest absolute Gasteiger partial charge is 0.416 e. The van der Waals surface area contributed by atoms with Crippen LogP contribution in [0.3, 0.4) is 0 Å². The fourth-order valence-electron chi connectivity index (χ4n) is 3.00. The quantitative estimate of drug-likeness (QED) is 0.810. The molecule has 0 bridgehead atoms. The first-order chi connectivity index (χ1) is 12.8. The highest BCUT2D eigenvalue weighted by Gasteiger charge is 2.31. The molecule has 1 aliphatic heterocycles. The Labute approximate surface area is 159 Å². The first-order valence-electron chi connectivity index (χ1n) is 8.36. The van der Waals surface area contributed by atoms with Gasteiger partial charge in [0.25, 0.3) is 0 Å². The molecule has 1 unspecified atom stereocenters. The van der Waals surface area contributed by atoms with Gasteiger partial charge >= 0.3 is 12.2 Å². The zero-order chi connectivity index (χ0) is 19.6. The van der Waals surface area contributed by atoms with E-state index in [0.717, 1.165) is 12.1 Å². The summed E-state index contributed by atoms with van der Waals surface area (Å²) in [7, 11) is 0. The second kappa shape index (κ2) is 7.64. The van der Waals surface area contributed by atoms with Crippen LogP contribution in [-0.2, 0) is 6.18 Å². The topological polar surface area (TPSA) is 48.5 Å². The first-order valence-corrected chi connectivity index (χ1v) is 8.74. The molecule has 0 saturated carbocycles. The Kier molecular flexibility index (Phi) is 5.46. The van der Waals surface area contributed by atoms with Gasteiger partial charge in [-0.05, 0) is 43.3 Å². The minimum absolute atomic E-state index is 0.119. The highest BCUT2D eigenvalue weighted by atomic mass is 35.5. The number of carbonyl (C=O) groups excluding carboxylic acids is 1. The van der Waals surface area contributed by atoms with Crippen molar-refractivity contribution in [1.82, 2.24) is 9.88 Å². The number of anilines is 2. The molecule has 1 aromatic heterocycles. The molecule has 3 rings (SSSR count). The van der Waals surface area contributed by atoms with Gasteiger partial charge in [-0.1, -0.05) is 11.6 Å². The molecule has 1 fully saturated rings. The lowest BCUT2D eigenvalue weighted by molar-refractivity contribution is -0.137. The predicted molar refractivity (Wildman–Crippen MR) is 98.1 cm³/mol. The van der Waals surface area contributed by atoms with Gasteiger partial charge in [-0.25, -0.2) is 9.78 Å². The molecule has 9 heteroatoms. The van der Waals surface area contributed by atoms with Crippen LogP contribution in [0.1, 0.15) is 12.5 Å². The van der Waals surface area contributed by atoms with E-state index >= 15 is 0 Å². The van der Waals surface area contributed by atoms with E-state index in [1.807, 2.05) is 11.8 Å². The zero-order valence-electron chi connectivity index (χ0n) is 14.5. The van der Waals surface area contributed by atoms with Crippen LogP contribution in [0.5, 0.6) is 0 Å². The number of rotatable bonds is 2. The highest BCUT2D eigenvalue weighted by Crippen LogP contribution is 2.30. The van der Waals surface area contributed by atoms with E-state index in [1.165, 1.54) is 12.1 Å². The van der Waals surface area contributed by atoms with Gasteiger partial charge in [-0.15, -0.1) is 0 Å². The Bertz CT molecular complexity index is 813. The number of aromatic nitrogens is 1. The number of urea groups is 1. The Hall–Kier alpha value is -2.48. The van der Waals surface area contributed by atoms with Crippen molar-refractivity contribution in [2.75, 3.05) is 29.9 Å².